The second-order valence-corrected chi connectivity index (χ2v) is 5.88. The van der Waals surface area contributed by atoms with E-state index < -0.39 is 23.9 Å². The quantitative estimate of drug-likeness (QED) is 0.369. The van der Waals surface area contributed by atoms with E-state index in [1.165, 1.54) is 5.48 Å². The molecule has 0 aliphatic carbocycles. The standard InChI is InChI=1S/C21H21N3O3/c1-15(22)19(21(26)24-27)23-20(25)18-13-11-17(12-14-18)10-6-5-9-16-7-3-2-4-8-16/h2-4,6-8,10-15,19,27H,22H2,1H3,(H,23,25)(H,24,26). The lowest BCUT2D eigenvalue weighted by Crippen LogP contribution is -2.54. The predicted molar refractivity (Wildman–Crippen MR) is 104 cm³/mol. The van der Waals surface area contributed by atoms with E-state index in [1.54, 1.807) is 37.3 Å². The van der Waals surface area contributed by atoms with Gasteiger partial charge in [-0.25, -0.2) is 5.48 Å². The first-order valence-electron chi connectivity index (χ1n) is 8.35. The highest BCUT2D eigenvalue weighted by molar-refractivity contribution is 5.97. The van der Waals surface area contributed by atoms with Crippen LogP contribution in [0.5, 0.6) is 0 Å². The zero-order chi connectivity index (χ0) is 19.6. The Morgan fingerprint density at radius 1 is 1.11 bits per heavy atom. The number of benzene rings is 2. The number of allylic oxidation sites excluding steroid dienone is 1. The molecule has 0 saturated heterocycles. The van der Waals surface area contributed by atoms with Crippen molar-refractivity contribution in [2.24, 2.45) is 5.73 Å². The van der Waals surface area contributed by atoms with E-state index in [9.17, 15) is 9.59 Å². The summed E-state index contributed by atoms with van der Waals surface area (Å²) in [4.78, 5) is 23.8. The van der Waals surface area contributed by atoms with E-state index in [0.717, 1.165) is 11.1 Å². The molecule has 0 aromatic heterocycles. The van der Waals surface area contributed by atoms with Crippen molar-refractivity contribution in [2.45, 2.75) is 19.0 Å². The average Bonchev–Trinajstić information content (AvgIpc) is 2.69. The van der Waals surface area contributed by atoms with Crippen LogP contribution in [-0.4, -0.2) is 29.1 Å². The van der Waals surface area contributed by atoms with Crippen LogP contribution in [0.4, 0.5) is 0 Å². The van der Waals surface area contributed by atoms with E-state index >= 15 is 0 Å². The SMILES string of the molecule is CC(N)C(NC(=O)c1ccc(C=CC#Cc2ccccc2)cc1)C(=O)NO. The summed E-state index contributed by atoms with van der Waals surface area (Å²) in [5.41, 5.74) is 9.35. The van der Waals surface area contributed by atoms with Gasteiger partial charge in [-0.15, -0.1) is 0 Å². The van der Waals surface area contributed by atoms with Gasteiger partial charge >= 0.3 is 0 Å². The van der Waals surface area contributed by atoms with Crippen LogP contribution >= 0.6 is 0 Å². The molecule has 2 rings (SSSR count). The van der Waals surface area contributed by atoms with Crippen molar-refractivity contribution in [2.75, 3.05) is 0 Å². The lowest BCUT2D eigenvalue weighted by Gasteiger charge is -2.20. The number of rotatable bonds is 5. The topological polar surface area (TPSA) is 104 Å². The number of carbonyl (C=O) groups is 2. The Bertz CT molecular complexity index is 863. The molecule has 2 unspecified atom stereocenters. The lowest BCUT2D eigenvalue weighted by molar-refractivity contribution is -0.131. The molecule has 2 atom stereocenters. The van der Waals surface area contributed by atoms with Crippen LogP contribution in [-0.2, 0) is 4.79 Å². The van der Waals surface area contributed by atoms with Crippen molar-refractivity contribution in [1.82, 2.24) is 10.8 Å². The molecule has 6 nitrogen and oxygen atoms in total. The fourth-order valence-electron chi connectivity index (χ4n) is 2.26. The highest BCUT2D eigenvalue weighted by atomic mass is 16.5. The molecule has 0 saturated carbocycles. The smallest absolute Gasteiger partial charge is 0.267 e. The molecule has 2 aromatic carbocycles. The van der Waals surface area contributed by atoms with Gasteiger partial charge in [-0.2, -0.15) is 0 Å². The summed E-state index contributed by atoms with van der Waals surface area (Å²) in [6.07, 6.45) is 3.57. The molecule has 27 heavy (non-hydrogen) atoms. The maximum atomic E-state index is 12.2. The molecule has 138 valence electrons. The molecular formula is C21H21N3O3. The summed E-state index contributed by atoms with van der Waals surface area (Å²) in [6, 6.07) is 14.8. The Labute approximate surface area is 158 Å². The van der Waals surface area contributed by atoms with Crippen LogP contribution in [0.3, 0.4) is 0 Å². The Kier molecular flexibility index (Phi) is 7.32. The Hall–Kier alpha value is -3.40. The number of nitrogens with two attached hydrogens (primary N) is 1. The molecule has 0 bridgehead atoms. The van der Waals surface area contributed by atoms with Gasteiger partial charge in [0.2, 0.25) is 0 Å². The van der Waals surface area contributed by atoms with Crippen molar-refractivity contribution >= 4 is 17.9 Å². The van der Waals surface area contributed by atoms with Crippen LogP contribution in [0.15, 0.2) is 60.7 Å². The van der Waals surface area contributed by atoms with Crippen molar-refractivity contribution in [3.05, 3.63) is 77.4 Å². The average molecular weight is 363 g/mol. The van der Waals surface area contributed by atoms with Gasteiger partial charge in [0.15, 0.2) is 0 Å². The molecule has 0 heterocycles. The molecule has 0 radical (unpaired) electrons. The minimum atomic E-state index is -1.03. The van der Waals surface area contributed by atoms with E-state index in [0.29, 0.717) is 5.56 Å². The van der Waals surface area contributed by atoms with Gasteiger partial charge in [-0.3, -0.25) is 14.8 Å². The van der Waals surface area contributed by atoms with Gasteiger partial charge in [0.25, 0.3) is 11.8 Å². The second kappa shape index (κ2) is 9.92. The van der Waals surface area contributed by atoms with Gasteiger partial charge in [-0.05, 0) is 48.9 Å². The number of hydrogen-bond donors (Lipinski definition) is 4. The lowest BCUT2D eigenvalue weighted by atomic mass is 10.1. The van der Waals surface area contributed by atoms with E-state index in [-0.39, 0.29) is 0 Å². The number of hydroxylamine groups is 1. The largest absolute Gasteiger partial charge is 0.339 e. The summed E-state index contributed by atoms with van der Waals surface area (Å²) in [5, 5.41) is 11.2. The first-order valence-corrected chi connectivity index (χ1v) is 8.35. The zero-order valence-electron chi connectivity index (χ0n) is 14.8. The Morgan fingerprint density at radius 3 is 2.37 bits per heavy atom. The summed E-state index contributed by atoms with van der Waals surface area (Å²) in [5.74, 6) is 4.75. The van der Waals surface area contributed by atoms with E-state index in [1.807, 2.05) is 36.4 Å². The third kappa shape index (κ3) is 6.12. The number of amides is 2. The van der Waals surface area contributed by atoms with E-state index in [4.69, 9.17) is 10.9 Å². The molecule has 0 fully saturated rings. The second-order valence-electron chi connectivity index (χ2n) is 5.88. The first-order chi connectivity index (χ1) is 13.0. The molecule has 0 aliphatic rings. The highest BCUT2D eigenvalue weighted by Crippen LogP contribution is 2.07. The van der Waals surface area contributed by atoms with Crippen molar-refractivity contribution in [3.8, 4) is 11.8 Å². The van der Waals surface area contributed by atoms with Crippen LogP contribution in [0.1, 0.15) is 28.4 Å². The number of hydrogen-bond acceptors (Lipinski definition) is 4. The molecule has 2 amide bonds. The predicted octanol–water partition coefficient (Wildman–Crippen LogP) is 1.70. The van der Waals surface area contributed by atoms with Gasteiger partial charge in [0, 0.05) is 17.2 Å². The van der Waals surface area contributed by atoms with Crippen molar-refractivity contribution < 1.29 is 14.8 Å². The molecule has 6 heteroatoms. The fourth-order valence-corrected chi connectivity index (χ4v) is 2.26. The maximum Gasteiger partial charge on any atom is 0.267 e. The minimum absolute atomic E-state index is 0.374. The summed E-state index contributed by atoms with van der Waals surface area (Å²) in [6.45, 7) is 1.56. The molecule has 0 spiro atoms. The van der Waals surface area contributed by atoms with Crippen molar-refractivity contribution in [3.63, 3.8) is 0 Å². The van der Waals surface area contributed by atoms with Crippen LogP contribution in [0.25, 0.3) is 6.08 Å². The number of nitrogens with one attached hydrogen (secondary N) is 2. The zero-order valence-corrected chi connectivity index (χ0v) is 14.8. The third-order valence-electron chi connectivity index (χ3n) is 3.73. The summed E-state index contributed by atoms with van der Waals surface area (Å²) < 4.78 is 0. The van der Waals surface area contributed by atoms with E-state index in [2.05, 4.69) is 17.2 Å². The molecule has 0 aliphatic heterocycles. The molecular weight excluding hydrogens is 342 g/mol. The van der Waals surface area contributed by atoms with Gasteiger partial charge in [0.1, 0.15) is 6.04 Å². The molecule has 5 N–H and O–H groups in total. The van der Waals surface area contributed by atoms with Crippen LogP contribution in [0, 0.1) is 11.8 Å². The minimum Gasteiger partial charge on any atom is -0.339 e. The number of carbonyl (C=O) groups excluding carboxylic acids is 2. The van der Waals surface area contributed by atoms with Gasteiger partial charge < -0.3 is 11.1 Å². The highest BCUT2D eigenvalue weighted by Gasteiger charge is 2.24. The third-order valence-corrected chi connectivity index (χ3v) is 3.73. The molecule has 2 aromatic rings. The first kappa shape index (κ1) is 19.9. The fraction of sp³-hybridized carbons (Fsp3) is 0.143. The Morgan fingerprint density at radius 2 is 1.78 bits per heavy atom. The van der Waals surface area contributed by atoms with Crippen LogP contribution in [0.2, 0.25) is 0 Å². The summed E-state index contributed by atoms with van der Waals surface area (Å²) >= 11 is 0. The maximum absolute atomic E-state index is 12.2. The van der Waals surface area contributed by atoms with Gasteiger partial charge in [0.05, 0.1) is 0 Å². The monoisotopic (exact) mass is 363 g/mol. The Balaban J connectivity index is 2.00. The summed E-state index contributed by atoms with van der Waals surface area (Å²) in [7, 11) is 0. The van der Waals surface area contributed by atoms with Crippen molar-refractivity contribution in [1.29, 1.82) is 0 Å². The van der Waals surface area contributed by atoms with Crippen LogP contribution < -0.4 is 16.5 Å². The van der Waals surface area contributed by atoms with Gasteiger partial charge in [-0.1, -0.05) is 42.2 Å². The normalized spacial score (nSPS) is 12.6.